The van der Waals surface area contributed by atoms with Crippen LogP contribution in [0.2, 0.25) is 0 Å². The van der Waals surface area contributed by atoms with Gasteiger partial charge in [0.25, 0.3) is 5.91 Å². The number of anilines is 2. The van der Waals surface area contributed by atoms with E-state index < -0.39 is 5.54 Å². The third-order valence-corrected chi connectivity index (χ3v) is 8.12. The van der Waals surface area contributed by atoms with Crippen LogP contribution in [0.25, 0.3) is 20.7 Å². The number of hydrogen-bond donors (Lipinski definition) is 3. The van der Waals surface area contributed by atoms with Crippen LogP contribution in [0.15, 0.2) is 36.5 Å². The molecule has 188 valence electrons. The molecule has 0 unspecified atom stereocenters. The predicted octanol–water partition coefficient (Wildman–Crippen LogP) is 4.62. The van der Waals surface area contributed by atoms with E-state index in [2.05, 4.69) is 32.0 Å². The minimum atomic E-state index is -0.882. The number of benzene rings is 1. The molecular formula is C26H30N6O3S. The zero-order valence-electron chi connectivity index (χ0n) is 20.5. The summed E-state index contributed by atoms with van der Waals surface area (Å²) in [6.07, 6.45) is 7.13. The molecule has 2 aromatic heterocycles. The smallest absolute Gasteiger partial charge is 0.325 e. The highest BCUT2D eigenvalue weighted by molar-refractivity contribution is 7.22. The number of carbonyl (C=O) groups is 3. The van der Waals surface area contributed by atoms with Crippen molar-refractivity contribution in [1.82, 2.24) is 20.2 Å². The third-order valence-electron chi connectivity index (χ3n) is 6.98. The Labute approximate surface area is 213 Å². The molecule has 0 spiro atoms. The molecule has 0 bridgehead atoms. The highest BCUT2D eigenvalue weighted by Gasteiger charge is 2.45. The van der Waals surface area contributed by atoms with Crippen molar-refractivity contribution in [2.75, 3.05) is 23.7 Å². The number of thiophene rings is 1. The van der Waals surface area contributed by atoms with Gasteiger partial charge in [-0.25, -0.2) is 14.8 Å². The van der Waals surface area contributed by atoms with E-state index in [4.69, 9.17) is 0 Å². The lowest BCUT2D eigenvalue weighted by Crippen LogP contribution is -2.46. The lowest BCUT2D eigenvalue weighted by Gasteiger charge is -2.27. The van der Waals surface area contributed by atoms with Crippen molar-refractivity contribution in [3.63, 3.8) is 0 Å². The van der Waals surface area contributed by atoms with E-state index in [1.807, 2.05) is 24.3 Å². The minimum Gasteiger partial charge on any atom is -0.352 e. The number of imide groups is 1. The lowest BCUT2D eigenvalue weighted by atomic mass is 9.88. The fourth-order valence-corrected chi connectivity index (χ4v) is 5.80. The first-order valence-electron chi connectivity index (χ1n) is 12.4. The van der Waals surface area contributed by atoms with Gasteiger partial charge in [-0.2, -0.15) is 0 Å². The molecule has 0 atom stereocenters. The standard InChI is InChI=1S/C26H30N6O3S/c1-26(2)23(34)31-25(35)32(26)13-12-28-24-27-11-10-19(30-24)21-15-17-14-18(8-9-20(17)36-21)29-22(33)16-6-4-3-5-7-16/h8-11,14-16H,3-7,12-13H2,1-2H3,(H,29,33)(H,27,28,30)(H,31,34,35). The lowest BCUT2D eigenvalue weighted by molar-refractivity contribution is -0.125. The van der Waals surface area contributed by atoms with E-state index in [0.717, 1.165) is 52.0 Å². The molecule has 1 aromatic carbocycles. The number of carbonyl (C=O) groups excluding carboxylic acids is 3. The molecule has 3 aromatic rings. The third kappa shape index (κ3) is 4.90. The summed E-state index contributed by atoms with van der Waals surface area (Å²) >= 11 is 1.63. The molecule has 36 heavy (non-hydrogen) atoms. The van der Waals surface area contributed by atoms with Gasteiger partial charge < -0.3 is 15.5 Å². The topological polar surface area (TPSA) is 116 Å². The molecule has 2 aliphatic rings. The van der Waals surface area contributed by atoms with Gasteiger partial charge in [0, 0.05) is 35.6 Å². The van der Waals surface area contributed by atoms with Crippen molar-refractivity contribution in [2.24, 2.45) is 5.92 Å². The van der Waals surface area contributed by atoms with Crippen LogP contribution in [0.5, 0.6) is 0 Å². The van der Waals surface area contributed by atoms with Crippen molar-refractivity contribution in [3.8, 4) is 10.6 Å². The van der Waals surface area contributed by atoms with Gasteiger partial charge in [-0.15, -0.1) is 11.3 Å². The van der Waals surface area contributed by atoms with Crippen LogP contribution in [0.4, 0.5) is 16.4 Å². The number of aromatic nitrogens is 2. The summed E-state index contributed by atoms with van der Waals surface area (Å²) in [5.74, 6) is 0.391. The molecule has 9 nitrogen and oxygen atoms in total. The van der Waals surface area contributed by atoms with Gasteiger partial charge in [0.15, 0.2) is 0 Å². The molecular weight excluding hydrogens is 476 g/mol. The number of rotatable bonds is 7. The molecule has 3 heterocycles. The minimum absolute atomic E-state index is 0.117. The van der Waals surface area contributed by atoms with Crippen molar-refractivity contribution in [2.45, 2.75) is 51.5 Å². The maximum Gasteiger partial charge on any atom is 0.325 e. The van der Waals surface area contributed by atoms with Crippen LogP contribution in [0, 0.1) is 5.92 Å². The van der Waals surface area contributed by atoms with Crippen molar-refractivity contribution >= 4 is 50.9 Å². The predicted molar refractivity (Wildman–Crippen MR) is 141 cm³/mol. The second-order valence-corrected chi connectivity index (χ2v) is 10.9. The van der Waals surface area contributed by atoms with Crippen molar-refractivity contribution in [3.05, 3.63) is 36.5 Å². The highest BCUT2D eigenvalue weighted by Crippen LogP contribution is 2.34. The van der Waals surface area contributed by atoms with Crippen LogP contribution in [0.1, 0.15) is 46.0 Å². The summed E-state index contributed by atoms with van der Waals surface area (Å²) < 4.78 is 1.11. The average Bonchev–Trinajstić information content (AvgIpc) is 3.38. The normalized spacial score (nSPS) is 17.9. The quantitative estimate of drug-likeness (QED) is 0.403. The average molecular weight is 507 g/mol. The summed E-state index contributed by atoms with van der Waals surface area (Å²) in [5, 5.41) is 9.65. The first-order valence-corrected chi connectivity index (χ1v) is 13.2. The van der Waals surface area contributed by atoms with Crippen LogP contribution in [-0.2, 0) is 9.59 Å². The molecule has 4 amide bonds. The number of hydrogen-bond acceptors (Lipinski definition) is 7. The van der Waals surface area contributed by atoms with Gasteiger partial charge in [-0.3, -0.25) is 14.9 Å². The van der Waals surface area contributed by atoms with Crippen LogP contribution in [0.3, 0.4) is 0 Å². The monoisotopic (exact) mass is 506 g/mol. The molecule has 1 saturated heterocycles. The van der Waals surface area contributed by atoms with Crippen molar-refractivity contribution in [1.29, 1.82) is 0 Å². The Morgan fingerprint density at radius 1 is 1.17 bits per heavy atom. The van der Waals surface area contributed by atoms with Gasteiger partial charge in [0.2, 0.25) is 11.9 Å². The van der Waals surface area contributed by atoms with Gasteiger partial charge in [-0.1, -0.05) is 19.3 Å². The molecule has 10 heteroatoms. The summed E-state index contributed by atoms with van der Waals surface area (Å²) in [6, 6.07) is 9.55. The van der Waals surface area contributed by atoms with E-state index in [1.54, 1.807) is 31.4 Å². The molecule has 3 N–H and O–H groups in total. The van der Waals surface area contributed by atoms with Gasteiger partial charge >= 0.3 is 6.03 Å². The largest absolute Gasteiger partial charge is 0.352 e. The van der Waals surface area contributed by atoms with Crippen LogP contribution >= 0.6 is 11.3 Å². The summed E-state index contributed by atoms with van der Waals surface area (Å²) in [7, 11) is 0. The summed E-state index contributed by atoms with van der Waals surface area (Å²) in [4.78, 5) is 48.0. The summed E-state index contributed by atoms with van der Waals surface area (Å²) in [5.41, 5.74) is 0.725. The maximum absolute atomic E-state index is 12.6. The molecule has 1 aliphatic heterocycles. The first-order chi connectivity index (χ1) is 17.3. The molecule has 1 aliphatic carbocycles. The second kappa shape index (κ2) is 9.85. The number of nitrogens with one attached hydrogen (secondary N) is 3. The molecule has 1 saturated carbocycles. The Morgan fingerprint density at radius 3 is 2.72 bits per heavy atom. The van der Waals surface area contributed by atoms with Gasteiger partial charge in [0.1, 0.15) is 5.54 Å². The van der Waals surface area contributed by atoms with E-state index in [9.17, 15) is 14.4 Å². The van der Waals surface area contributed by atoms with Gasteiger partial charge in [-0.05, 0) is 62.4 Å². The Bertz CT molecular complexity index is 1310. The van der Waals surface area contributed by atoms with E-state index in [1.165, 1.54) is 11.3 Å². The molecule has 2 fully saturated rings. The Hall–Kier alpha value is -3.53. The Balaban J connectivity index is 1.25. The Morgan fingerprint density at radius 2 is 1.97 bits per heavy atom. The number of amides is 4. The van der Waals surface area contributed by atoms with Crippen molar-refractivity contribution < 1.29 is 14.4 Å². The van der Waals surface area contributed by atoms with E-state index >= 15 is 0 Å². The van der Waals surface area contributed by atoms with Crippen LogP contribution in [-0.4, -0.2) is 51.3 Å². The summed E-state index contributed by atoms with van der Waals surface area (Å²) in [6.45, 7) is 4.19. The fraction of sp³-hybridized carbons (Fsp3) is 0.423. The highest BCUT2D eigenvalue weighted by atomic mass is 32.1. The number of nitrogens with zero attached hydrogens (tertiary/aromatic N) is 3. The zero-order chi connectivity index (χ0) is 25.3. The molecule has 5 rings (SSSR count). The van der Waals surface area contributed by atoms with Gasteiger partial charge in [0.05, 0.1) is 10.6 Å². The zero-order valence-corrected chi connectivity index (χ0v) is 21.3. The number of fused-ring (bicyclic) bond motifs is 1. The SMILES string of the molecule is CC1(C)C(=O)NC(=O)N1CCNc1nccc(-c2cc3cc(NC(=O)C4CCCCC4)ccc3s2)n1. The fourth-order valence-electron chi connectivity index (χ4n) is 4.79. The van der Waals surface area contributed by atoms with Crippen LogP contribution < -0.4 is 16.0 Å². The first kappa shape index (κ1) is 24.2. The Kier molecular flexibility index (Phi) is 6.61. The van der Waals surface area contributed by atoms with E-state index in [-0.39, 0.29) is 23.8 Å². The maximum atomic E-state index is 12.6. The number of urea groups is 1. The van der Waals surface area contributed by atoms with E-state index in [0.29, 0.717) is 19.0 Å². The second-order valence-electron chi connectivity index (χ2n) is 9.85. The molecule has 0 radical (unpaired) electrons.